The molecule has 1 N–H and O–H groups in total. The lowest BCUT2D eigenvalue weighted by Gasteiger charge is -2.20. The molecule has 1 unspecified atom stereocenters. The van der Waals surface area contributed by atoms with Crippen molar-refractivity contribution in [3.63, 3.8) is 0 Å². The Hall–Kier alpha value is -0.170. The van der Waals surface area contributed by atoms with E-state index >= 15 is 0 Å². The number of rotatable bonds is 5. The van der Waals surface area contributed by atoms with E-state index in [4.69, 9.17) is 11.6 Å². The minimum absolute atomic E-state index is 0.151. The van der Waals surface area contributed by atoms with Crippen LogP contribution in [0, 0.1) is 9.39 Å². The van der Waals surface area contributed by atoms with Gasteiger partial charge in [0.1, 0.15) is 5.82 Å². The van der Waals surface area contributed by atoms with Gasteiger partial charge in [0.05, 0.1) is 4.47 Å². The monoisotopic (exact) mass is 481 g/mol. The molecule has 0 aliphatic carbocycles. The summed E-state index contributed by atoms with van der Waals surface area (Å²) in [6.07, 6.45) is 0.781. The second kappa shape index (κ2) is 7.90. The maximum absolute atomic E-state index is 13.3. The number of hydrogen-bond donors (Lipinski definition) is 1. The summed E-state index contributed by atoms with van der Waals surface area (Å²) in [5, 5.41) is 4.21. The Kier molecular flexibility index (Phi) is 6.47. The minimum Gasteiger partial charge on any atom is -0.310 e. The van der Waals surface area contributed by atoms with Crippen molar-refractivity contribution in [3.05, 3.63) is 66.4 Å². The van der Waals surface area contributed by atoms with E-state index in [9.17, 15) is 4.39 Å². The smallest absolute Gasteiger partial charge is 0.137 e. The Balaban J connectivity index is 2.30. The number of halogens is 4. The van der Waals surface area contributed by atoms with Gasteiger partial charge in [-0.25, -0.2) is 4.39 Å². The Morgan fingerprint density at radius 2 is 2.05 bits per heavy atom. The lowest BCUT2D eigenvalue weighted by atomic mass is 9.99. The summed E-state index contributed by atoms with van der Waals surface area (Å²) in [4.78, 5) is 0. The van der Waals surface area contributed by atoms with Crippen LogP contribution in [0.15, 0.2) is 40.9 Å². The van der Waals surface area contributed by atoms with E-state index in [0.717, 1.165) is 23.6 Å². The summed E-state index contributed by atoms with van der Waals surface area (Å²) >= 11 is 11.7. The molecule has 0 aromatic heterocycles. The van der Waals surface area contributed by atoms with Gasteiger partial charge < -0.3 is 5.32 Å². The van der Waals surface area contributed by atoms with Gasteiger partial charge >= 0.3 is 0 Å². The van der Waals surface area contributed by atoms with Crippen molar-refractivity contribution in [3.8, 4) is 0 Å². The number of nitrogens with one attached hydrogen (secondary N) is 1. The molecule has 1 nitrogen and oxygen atoms in total. The second-order valence-electron chi connectivity index (χ2n) is 4.73. The van der Waals surface area contributed by atoms with Gasteiger partial charge in [0, 0.05) is 14.6 Å². The fourth-order valence-electron chi connectivity index (χ4n) is 2.22. The molecule has 2 aromatic carbocycles. The van der Waals surface area contributed by atoms with E-state index in [-0.39, 0.29) is 11.9 Å². The van der Waals surface area contributed by atoms with E-state index in [2.05, 4.69) is 50.8 Å². The SMILES string of the molecule is CCNC(Cc1ccc(F)c(Br)c1)c1cc(Cl)ccc1I. The van der Waals surface area contributed by atoms with Gasteiger partial charge in [0.2, 0.25) is 0 Å². The molecule has 0 saturated heterocycles. The van der Waals surface area contributed by atoms with Crippen molar-refractivity contribution in [2.75, 3.05) is 6.54 Å². The van der Waals surface area contributed by atoms with E-state index < -0.39 is 0 Å². The Morgan fingerprint density at radius 3 is 2.71 bits per heavy atom. The Bertz CT molecular complexity index is 636. The molecule has 21 heavy (non-hydrogen) atoms. The average Bonchev–Trinajstić information content (AvgIpc) is 2.45. The largest absolute Gasteiger partial charge is 0.310 e. The van der Waals surface area contributed by atoms with Crippen molar-refractivity contribution >= 4 is 50.1 Å². The summed E-state index contributed by atoms with van der Waals surface area (Å²) in [5.41, 5.74) is 2.25. The highest BCUT2D eigenvalue weighted by molar-refractivity contribution is 14.1. The molecule has 0 bridgehead atoms. The Labute approximate surface area is 151 Å². The highest BCUT2D eigenvalue weighted by Crippen LogP contribution is 2.27. The maximum Gasteiger partial charge on any atom is 0.137 e. The van der Waals surface area contributed by atoms with Gasteiger partial charge in [0.15, 0.2) is 0 Å². The predicted molar refractivity (Wildman–Crippen MR) is 98.4 cm³/mol. The third-order valence-corrected chi connectivity index (χ3v) is 5.03. The molecular formula is C16H15BrClFIN. The van der Waals surface area contributed by atoms with Crippen LogP contribution in [0.5, 0.6) is 0 Å². The molecule has 0 fully saturated rings. The molecule has 0 radical (unpaired) electrons. The second-order valence-corrected chi connectivity index (χ2v) is 7.18. The average molecular weight is 483 g/mol. The molecular weight excluding hydrogens is 467 g/mol. The molecule has 2 aromatic rings. The molecule has 0 aliphatic rings. The molecule has 2 rings (SSSR count). The fourth-order valence-corrected chi connectivity index (χ4v) is 3.54. The molecule has 0 heterocycles. The highest BCUT2D eigenvalue weighted by atomic mass is 127. The first-order chi connectivity index (χ1) is 10.0. The van der Waals surface area contributed by atoms with Gasteiger partial charge in [-0.05, 0) is 92.9 Å². The summed E-state index contributed by atoms with van der Waals surface area (Å²) in [5.74, 6) is -0.240. The standard InChI is InChI=1S/C16H15BrClFIN/c1-2-21-16(12-9-11(18)4-6-15(12)20)8-10-3-5-14(19)13(17)7-10/h3-7,9,16,21H,2,8H2,1H3. The molecule has 112 valence electrons. The zero-order valence-corrected chi connectivity index (χ0v) is 16.0. The van der Waals surface area contributed by atoms with Crippen LogP contribution in [0.25, 0.3) is 0 Å². The maximum atomic E-state index is 13.3. The lowest BCUT2D eigenvalue weighted by molar-refractivity contribution is 0.546. The van der Waals surface area contributed by atoms with E-state index in [1.807, 2.05) is 30.3 Å². The van der Waals surface area contributed by atoms with Gasteiger partial charge in [0.25, 0.3) is 0 Å². The van der Waals surface area contributed by atoms with Crippen LogP contribution in [0.1, 0.15) is 24.1 Å². The first-order valence-corrected chi connectivity index (χ1v) is 8.88. The van der Waals surface area contributed by atoms with E-state index in [1.165, 1.54) is 15.2 Å². The van der Waals surface area contributed by atoms with Crippen LogP contribution in [-0.4, -0.2) is 6.54 Å². The quantitative estimate of drug-likeness (QED) is 0.536. The molecule has 1 atom stereocenters. The number of benzene rings is 2. The van der Waals surface area contributed by atoms with Crippen LogP contribution in [0.2, 0.25) is 5.02 Å². The third kappa shape index (κ3) is 4.65. The van der Waals surface area contributed by atoms with Crippen LogP contribution >= 0.6 is 50.1 Å². The summed E-state index contributed by atoms with van der Waals surface area (Å²) < 4.78 is 15.0. The van der Waals surface area contributed by atoms with E-state index in [1.54, 1.807) is 0 Å². The van der Waals surface area contributed by atoms with Crippen molar-refractivity contribution in [1.29, 1.82) is 0 Å². The molecule has 5 heteroatoms. The number of likely N-dealkylation sites (N-methyl/N-ethyl adjacent to an activating group) is 1. The molecule has 0 aliphatic heterocycles. The first kappa shape index (κ1) is 17.2. The molecule has 0 saturated carbocycles. The summed E-state index contributed by atoms with van der Waals surface area (Å²) in [7, 11) is 0. The normalized spacial score (nSPS) is 12.4. The predicted octanol–water partition coefficient (Wildman–Crippen LogP) is 5.74. The molecule has 0 spiro atoms. The van der Waals surface area contributed by atoms with Crippen LogP contribution in [0.3, 0.4) is 0 Å². The van der Waals surface area contributed by atoms with Gasteiger partial charge in [-0.15, -0.1) is 0 Å². The minimum atomic E-state index is -0.240. The Morgan fingerprint density at radius 1 is 1.29 bits per heavy atom. The zero-order valence-electron chi connectivity index (χ0n) is 11.5. The van der Waals surface area contributed by atoms with Crippen molar-refractivity contribution in [2.45, 2.75) is 19.4 Å². The topological polar surface area (TPSA) is 12.0 Å². The first-order valence-electron chi connectivity index (χ1n) is 6.63. The fraction of sp³-hybridized carbons (Fsp3) is 0.250. The van der Waals surface area contributed by atoms with Crippen molar-refractivity contribution in [1.82, 2.24) is 5.32 Å². The van der Waals surface area contributed by atoms with Gasteiger partial charge in [-0.3, -0.25) is 0 Å². The van der Waals surface area contributed by atoms with E-state index in [0.29, 0.717) is 4.47 Å². The summed E-state index contributed by atoms with van der Waals surface area (Å²) in [6, 6.07) is 11.2. The van der Waals surface area contributed by atoms with Crippen LogP contribution in [0.4, 0.5) is 4.39 Å². The summed E-state index contributed by atoms with van der Waals surface area (Å²) in [6.45, 7) is 2.93. The van der Waals surface area contributed by atoms with Crippen molar-refractivity contribution in [2.24, 2.45) is 0 Å². The van der Waals surface area contributed by atoms with Crippen LogP contribution < -0.4 is 5.32 Å². The highest BCUT2D eigenvalue weighted by Gasteiger charge is 2.15. The van der Waals surface area contributed by atoms with Gasteiger partial charge in [-0.1, -0.05) is 24.6 Å². The molecule has 0 amide bonds. The number of hydrogen-bond acceptors (Lipinski definition) is 1. The van der Waals surface area contributed by atoms with Crippen molar-refractivity contribution < 1.29 is 4.39 Å². The van der Waals surface area contributed by atoms with Gasteiger partial charge in [-0.2, -0.15) is 0 Å². The zero-order chi connectivity index (χ0) is 15.4. The lowest BCUT2D eigenvalue weighted by Crippen LogP contribution is -2.23. The third-order valence-electron chi connectivity index (χ3n) is 3.21. The van der Waals surface area contributed by atoms with Crippen LogP contribution in [-0.2, 0) is 6.42 Å².